The maximum absolute atomic E-state index is 10.3. The molecule has 0 bridgehead atoms. The molecular formula is C14H21N5O3S. The second-order valence-corrected chi connectivity index (χ2v) is 7.14. The number of imidazole rings is 1. The van der Waals surface area contributed by atoms with Crippen molar-refractivity contribution in [1.29, 1.82) is 0 Å². The first-order chi connectivity index (χ1) is 11.0. The summed E-state index contributed by atoms with van der Waals surface area (Å²) in [6.07, 6.45) is -0.336. The molecule has 0 radical (unpaired) electrons. The SMILES string of the molecule is CC(C)CSC[C@@H]1O[C@H](n2cnc3c(N)ncnc32)[C@@H](O)[C@H]1O. The minimum Gasteiger partial charge on any atom is -0.387 e. The summed E-state index contributed by atoms with van der Waals surface area (Å²) >= 11 is 1.70. The molecule has 3 heterocycles. The first-order valence-corrected chi connectivity index (χ1v) is 8.67. The Morgan fingerprint density at radius 3 is 2.83 bits per heavy atom. The van der Waals surface area contributed by atoms with Crippen molar-refractivity contribution in [1.82, 2.24) is 19.5 Å². The molecule has 0 amide bonds. The summed E-state index contributed by atoms with van der Waals surface area (Å²) in [6.45, 7) is 4.27. The number of thioether (sulfide) groups is 1. The highest BCUT2D eigenvalue weighted by Gasteiger charge is 2.44. The number of ether oxygens (including phenoxy) is 1. The van der Waals surface area contributed by atoms with Gasteiger partial charge in [0.2, 0.25) is 0 Å². The number of nitrogen functional groups attached to an aromatic ring is 1. The first kappa shape index (κ1) is 16.4. The molecule has 0 aliphatic carbocycles. The number of aliphatic hydroxyl groups is 2. The van der Waals surface area contributed by atoms with Crippen LogP contribution < -0.4 is 5.73 Å². The summed E-state index contributed by atoms with van der Waals surface area (Å²) in [6, 6.07) is 0. The molecule has 1 aliphatic rings. The largest absolute Gasteiger partial charge is 0.387 e. The summed E-state index contributed by atoms with van der Waals surface area (Å²) in [5.41, 5.74) is 6.70. The van der Waals surface area contributed by atoms with E-state index in [9.17, 15) is 10.2 Å². The van der Waals surface area contributed by atoms with Crippen LogP contribution in [0, 0.1) is 5.92 Å². The summed E-state index contributed by atoms with van der Waals surface area (Å²) in [5, 5.41) is 20.6. The Morgan fingerprint density at radius 1 is 1.30 bits per heavy atom. The predicted octanol–water partition coefficient (Wildman–Crippen LogP) is 0.417. The lowest BCUT2D eigenvalue weighted by Crippen LogP contribution is -2.32. The Bertz CT molecular complexity index is 679. The van der Waals surface area contributed by atoms with Gasteiger partial charge in [0.05, 0.1) is 12.4 Å². The minimum absolute atomic E-state index is 0.269. The van der Waals surface area contributed by atoms with Crippen molar-refractivity contribution in [2.75, 3.05) is 17.2 Å². The van der Waals surface area contributed by atoms with Crippen molar-refractivity contribution in [3.8, 4) is 0 Å². The summed E-state index contributed by atoms with van der Waals surface area (Å²) in [5.74, 6) is 2.43. The van der Waals surface area contributed by atoms with Crippen LogP contribution in [-0.2, 0) is 4.74 Å². The van der Waals surface area contributed by atoms with Gasteiger partial charge < -0.3 is 20.7 Å². The van der Waals surface area contributed by atoms with Gasteiger partial charge in [-0.25, -0.2) is 15.0 Å². The van der Waals surface area contributed by atoms with Gasteiger partial charge in [-0.05, 0) is 11.7 Å². The lowest BCUT2D eigenvalue weighted by atomic mass is 10.1. The van der Waals surface area contributed by atoms with Crippen molar-refractivity contribution in [3.63, 3.8) is 0 Å². The third-order valence-corrected chi connectivity index (χ3v) is 5.20. The molecule has 2 aromatic heterocycles. The zero-order valence-electron chi connectivity index (χ0n) is 13.0. The second-order valence-electron chi connectivity index (χ2n) is 6.06. The van der Waals surface area contributed by atoms with E-state index >= 15 is 0 Å². The zero-order chi connectivity index (χ0) is 16.6. The van der Waals surface area contributed by atoms with Crippen LogP contribution in [0.15, 0.2) is 12.7 Å². The molecule has 8 nitrogen and oxygen atoms in total. The molecule has 1 fully saturated rings. The van der Waals surface area contributed by atoms with Gasteiger partial charge in [-0.1, -0.05) is 13.8 Å². The van der Waals surface area contributed by atoms with Crippen LogP contribution in [-0.4, -0.2) is 59.5 Å². The van der Waals surface area contributed by atoms with Gasteiger partial charge in [-0.15, -0.1) is 0 Å². The molecule has 0 spiro atoms. The fraction of sp³-hybridized carbons (Fsp3) is 0.643. The van der Waals surface area contributed by atoms with Crippen molar-refractivity contribution >= 4 is 28.7 Å². The third kappa shape index (κ3) is 3.14. The van der Waals surface area contributed by atoms with Gasteiger partial charge >= 0.3 is 0 Å². The molecule has 1 saturated heterocycles. The Kier molecular flexibility index (Phi) is 4.72. The van der Waals surface area contributed by atoms with E-state index in [0.717, 1.165) is 5.75 Å². The highest BCUT2D eigenvalue weighted by Crippen LogP contribution is 2.33. The van der Waals surface area contributed by atoms with E-state index in [1.54, 1.807) is 16.3 Å². The first-order valence-electron chi connectivity index (χ1n) is 7.51. The Hall–Kier alpha value is -1.42. The van der Waals surface area contributed by atoms with Gasteiger partial charge in [0.15, 0.2) is 17.7 Å². The van der Waals surface area contributed by atoms with Crippen LogP contribution in [0.3, 0.4) is 0 Å². The van der Waals surface area contributed by atoms with Crippen molar-refractivity contribution in [3.05, 3.63) is 12.7 Å². The molecular weight excluding hydrogens is 318 g/mol. The van der Waals surface area contributed by atoms with Crippen LogP contribution >= 0.6 is 11.8 Å². The molecule has 0 unspecified atom stereocenters. The normalized spacial score (nSPS) is 28.0. The third-order valence-electron chi connectivity index (χ3n) is 3.73. The molecule has 0 saturated carbocycles. The van der Waals surface area contributed by atoms with E-state index in [2.05, 4.69) is 28.8 Å². The fourth-order valence-electron chi connectivity index (χ4n) is 2.57. The zero-order valence-corrected chi connectivity index (χ0v) is 13.8. The van der Waals surface area contributed by atoms with E-state index in [-0.39, 0.29) is 5.82 Å². The van der Waals surface area contributed by atoms with E-state index in [0.29, 0.717) is 22.8 Å². The van der Waals surface area contributed by atoms with Crippen LogP contribution in [0.25, 0.3) is 11.2 Å². The Morgan fingerprint density at radius 2 is 2.09 bits per heavy atom. The quantitative estimate of drug-likeness (QED) is 0.717. The molecule has 4 atom stereocenters. The highest BCUT2D eigenvalue weighted by atomic mass is 32.2. The van der Waals surface area contributed by atoms with Crippen LogP contribution in [0.4, 0.5) is 5.82 Å². The maximum atomic E-state index is 10.3. The van der Waals surface area contributed by atoms with Gasteiger partial charge in [0, 0.05) is 5.75 Å². The summed E-state index contributed by atoms with van der Waals surface area (Å²) in [4.78, 5) is 12.2. The van der Waals surface area contributed by atoms with Gasteiger partial charge in [-0.3, -0.25) is 4.57 Å². The number of rotatable bonds is 5. The van der Waals surface area contributed by atoms with E-state index in [1.807, 2.05) is 0 Å². The number of aromatic nitrogens is 4. The topological polar surface area (TPSA) is 119 Å². The van der Waals surface area contributed by atoms with E-state index in [1.165, 1.54) is 12.7 Å². The molecule has 3 rings (SSSR count). The number of anilines is 1. The minimum atomic E-state index is -1.05. The van der Waals surface area contributed by atoms with Crippen molar-refractivity contribution in [2.45, 2.75) is 38.4 Å². The smallest absolute Gasteiger partial charge is 0.167 e. The standard InChI is InChI=1S/C14H21N5O3S/c1-7(2)3-23-4-8-10(20)11(21)14(22-8)19-6-18-9-12(15)16-5-17-13(9)19/h5-8,10-11,14,20-21H,3-4H2,1-2H3,(H2,15,16,17)/t8-,10-,11-,14-/m0/s1. The summed E-state index contributed by atoms with van der Waals surface area (Å²) < 4.78 is 7.45. The molecule has 23 heavy (non-hydrogen) atoms. The molecule has 1 aliphatic heterocycles. The number of nitrogens with zero attached hydrogens (tertiary/aromatic N) is 4. The lowest BCUT2D eigenvalue weighted by Gasteiger charge is -2.16. The summed E-state index contributed by atoms with van der Waals surface area (Å²) in [7, 11) is 0. The number of nitrogens with two attached hydrogens (primary N) is 1. The monoisotopic (exact) mass is 339 g/mol. The Labute approximate surface area is 138 Å². The average Bonchev–Trinajstić information content (AvgIpc) is 3.04. The second kappa shape index (κ2) is 6.60. The fourth-order valence-corrected chi connectivity index (χ4v) is 3.69. The van der Waals surface area contributed by atoms with Crippen molar-refractivity contribution < 1.29 is 14.9 Å². The molecule has 9 heteroatoms. The van der Waals surface area contributed by atoms with E-state index in [4.69, 9.17) is 10.5 Å². The predicted molar refractivity (Wildman–Crippen MR) is 87.8 cm³/mol. The van der Waals surface area contributed by atoms with Crippen molar-refractivity contribution in [2.24, 2.45) is 5.92 Å². The molecule has 4 N–H and O–H groups in total. The maximum Gasteiger partial charge on any atom is 0.167 e. The molecule has 126 valence electrons. The van der Waals surface area contributed by atoms with Gasteiger partial charge in [-0.2, -0.15) is 11.8 Å². The van der Waals surface area contributed by atoms with Crippen LogP contribution in [0.1, 0.15) is 20.1 Å². The lowest BCUT2D eigenvalue weighted by molar-refractivity contribution is -0.0289. The highest BCUT2D eigenvalue weighted by molar-refractivity contribution is 7.99. The average molecular weight is 339 g/mol. The Balaban J connectivity index is 1.78. The molecule has 0 aromatic carbocycles. The van der Waals surface area contributed by atoms with Crippen LogP contribution in [0.5, 0.6) is 0 Å². The van der Waals surface area contributed by atoms with Gasteiger partial charge in [0.1, 0.15) is 24.1 Å². The number of hydrogen-bond acceptors (Lipinski definition) is 8. The molecule has 2 aromatic rings. The number of hydrogen-bond donors (Lipinski definition) is 3. The number of aliphatic hydroxyl groups excluding tert-OH is 2. The number of fused-ring (bicyclic) bond motifs is 1. The van der Waals surface area contributed by atoms with E-state index < -0.39 is 24.5 Å². The van der Waals surface area contributed by atoms with Crippen LogP contribution in [0.2, 0.25) is 0 Å². The van der Waals surface area contributed by atoms with Gasteiger partial charge in [0.25, 0.3) is 0 Å².